The first kappa shape index (κ1) is 17.5. The molecule has 1 aromatic carbocycles. The van der Waals surface area contributed by atoms with E-state index >= 15 is 0 Å². The lowest BCUT2D eigenvalue weighted by Gasteiger charge is -2.27. The first-order valence-electron chi connectivity index (χ1n) is 6.28. The molecule has 1 unspecified atom stereocenters. The minimum Gasteiger partial charge on any atom is -0.480 e. The highest BCUT2D eigenvalue weighted by Gasteiger charge is 2.31. The van der Waals surface area contributed by atoms with Crippen LogP contribution in [-0.4, -0.2) is 23.0 Å². The van der Waals surface area contributed by atoms with Crippen LogP contribution in [0.1, 0.15) is 26.3 Å². The van der Waals surface area contributed by atoms with E-state index in [4.69, 9.17) is 28.3 Å². The fourth-order valence-corrected chi connectivity index (χ4v) is 2.02. The van der Waals surface area contributed by atoms with Gasteiger partial charge in [-0.1, -0.05) is 56.1 Å². The van der Waals surface area contributed by atoms with Gasteiger partial charge in [-0.15, -0.1) is 0 Å². The van der Waals surface area contributed by atoms with Crippen molar-refractivity contribution in [3.63, 3.8) is 0 Å². The zero-order valence-electron chi connectivity index (χ0n) is 12.0. The third-order valence-corrected chi connectivity index (χ3v) is 3.63. The molecule has 4 nitrogen and oxygen atoms in total. The molecule has 0 spiro atoms. The second-order valence-electron chi connectivity index (χ2n) is 5.62. The molecule has 0 saturated carbocycles. The Morgan fingerprint density at radius 1 is 1.29 bits per heavy atom. The zero-order chi connectivity index (χ0) is 16.2. The maximum atomic E-state index is 11.8. The van der Waals surface area contributed by atoms with Crippen molar-refractivity contribution in [2.45, 2.75) is 26.8 Å². The number of carboxylic acids is 1. The van der Waals surface area contributed by atoms with E-state index in [1.54, 1.807) is 39.0 Å². The number of rotatable bonds is 4. The van der Waals surface area contributed by atoms with Crippen LogP contribution in [0, 0.1) is 5.41 Å². The number of halogens is 2. The van der Waals surface area contributed by atoms with Crippen LogP contribution in [0.4, 0.5) is 0 Å². The molecule has 0 aliphatic carbocycles. The molecule has 0 aromatic heterocycles. The van der Waals surface area contributed by atoms with Crippen molar-refractivity contribution in [3.05, 3.63) is 39.9 Å². The molecule has 0 aliphatic rings. The number of carboxylic acid groups (broad SMARTS) is 1. The molecule has 0 radical (unpaired) electrons. The van der Waals surface area contributed by atoms with Gasteiger partial charge in [0, 0.05) is 6.08 Å². The van der Waals surface area contributed by atoms with Gasteiger partial charge in [0.15, 0.2) is 0 Å². The van der Waals surface area contributed by atoms with Gasteiger partial charge in [0.25, 0.3) is 0 Å². The van der Waals surface area contributed by atoms with Gasteiger partial charge in [-0.2, -0.15) is 0 Å². The Kier molecular flexibility index (Phi) is 5.81. The summed E-state index contributed by atoms with van der Waals surface area (Å²) in [5.41, 5.74) is -0.00907. The van der Waals surface area contributed by atoms with Crippen LogP contribution >= 0.6 is 23.2 Å². The van der Waals surface area contributed by atoms with Gasteiger partial charge in [0.2, 0.25) is 5.91 Å². The molecule has 1 amide bonds. The average Bonchev–Trinajstić information content (AvgIpc) is 2.36. The summed E-state index contributed by atoms with van der Waals surface area (Å²) in [6, 6.07) is 4.07. The van der Waals surface area contributed by atoms with Crippen molar-refractivity contribution in [1.82, 2.24) is 5.32 Å². The normalized spacial score (nSPS) is 13.2. The molecule has 6 heteroatoms. The van der Waals surface area contributed by atoms with E-state index in [0.717, 1.165) is 0 Å². The van der Waals surface area contributed by atoms with Gasteiger partial charge < -0.3 is 10.4 Å². The maximum absolute atomic E-state index is 11.8. The van der Waals surface area contributed by atoms with Crippen LogP contribution in [0.2, 0.25) is 10.0 Å². The summed E-state index contributed by atoms with van der Waals surface area (Å²) in [6.07, 6.45) is 2.73. The van der Waals surface area contributed by atoms with Crippen molar-refractivity contribution in [2.24, 2.45) is 5.41 Å². The van der Waals surface area contributed by atoms with Crippen LogP contribution in [0.25, 0.3) is 6.08 Å². The second-order valence-corrected chi connectivity index (χ2v) is 6.41. The largest absolute Gasteiger partial charge is 0.480 e. The van der Waals surface area contributed by atoms with E-state index in [0.29, 0.717) is 15.6 Å². The summed E-state index contributed by atoms with van der Waals surface area (Å²) in [6.45, 7) is 5.22. The van der Waals surface area contributed by atoms with Crippen LogP contribution in [0.15, 0.2) is 24.3 Å². The Hall–Kier alpha value is -1.52. The molecule has 2 N–H and O–H groups in total. The Bertz CT molecular complexity index is 577. The van der Waals surface area contributed by atoms with Crippen LogP contribution in [0.3, 0.4) is 0 Å². The number of amides is 1. The summed E-state index contributed by atoms with van der Waals surface area (Å²) in [5, 5.41) is 12.3. The Balaban J connectivity index is 2.84. The number of carbonyl (C=O) groups is 2. The summed E-state index contributed by atoms with van der Waals surface area (Å²) in [4.78, 5) is 23.0. The van der Waals surface area contributed by atoms with Crippen molar-refractivity contribution >= 4 is 41.2 Å². The van der Waals surface area contributed by atoms with Gasteiger partial charge in [-0.05, 0) is 23.1 Å². The SMILES string of the molecule is CC(C)(C)C(NC(=O)/C=C/c1cccc(Cl)c1Cl)C(=O)O. The molecule has 0 saturated heterocycles. The highest BCUT2D eigenvalue weighted by Crippen LogP contribution is 2.26. The fraction of sp³-hybridized carbons (Fsp3) is 0.333. The average molecular weight is 330 g/mol. The van der Waals surface area contributed by atoms with E-state index < -0.39 is 23.3 Å². The number of benzene rings is 1. The highest BCUT2D eigenvalue weighted by atomic mass is 35.5. The van der Waals surface area contributed by atoms with Crippen molar-refractivity contribution in [3.8, 4) is 0 Å². The number of aliphatic carboxylic acids is 1. The fourth-order valence-electron chi connectivity index (χ4n) is 1.65. The molecule has 114 valence electrons. The topological polar surface area (TPSA) is 66.4 Å². The lowest BCUT2D eigenvalue weighted by atomic mass is 9.87. The minimum atomic E-state index is -1.08. The van der Waals surface area contributed by atoms with E-state index in [2.05, 4.69) is 5.32 Å². The van der Waals surface area contributed by atoms with Crippen LogP contribution in [0.5, 0.6) is 0 Å². The highest BCUT2D eigenvalue weighted by molar-refractivity contribution is 6.42. The summed E-state index contributed by atoms with van der Waals surface area (Å²) in [7, 11) is 0. The third-order valence-electron chi connectivity index (χ3n) is 2.80. The molecule has 1 atom stereocenters. The van der Waals surface area contributed by atoms with Gasteiger partial charge in [-0.25, -0.2) is 4.79 Å². The predicted octanol–water partition coefficient (Wildman–Crippen LogP) is 3.62. The van der Waals surface area contributed by atoms with Crippen molar-refractivity contribution < 1.29 is 14.7 Å². The standard InChI is InChI=1S/C15H17Cl2NO3/c1-15(2,3)13(14(20)21)18-11(19)8-7-9-5-4-6-10(16)12(9)17/h4-8,13H,1-3H3,(H,18,19)(H,20,21)/b8-7+. The molecular weight excluding hydrogens is 313 g/mol. The molecule has 0 bridgehead atoms. The number of carbonyl (C=O) groups excluding carboxylic acids is 1. The predicted molar refractivity (Wildman–Crippen MR) is 84.5 cm³/mol. The first-order valence-corrected chi connectivity index (χ1v) is 7.04. The number of hydrogen-bond acceptors (Lipinski definition) is 2. The molecule has 0 fully saturated rings. The smallest absolute Gasteiger partial charge is 0.326 e. The van der Waals surface area contributed by atoms with Gasteiger partial charge >= 0.3 is 5.97 Å². The van der Waals surface area contributed by atoms with Gasteiger partial charge in [-0.3, -0.25) is 4.79 Å². The van der Waals surface area contributed by atoms with Crippen LogP contribution < -0.4 is 5.32 Å². The van der Waals surface area contributed by atoms with Crippen molar-refractivity contribution in [1.29, 1.82) is 0 Å². The van der Waals surface area contributed by atoms with Crippen LogP contribution in [-0.2, 0) is 9.59 Å². The van der Waals surface area contributed by atoms with E-state index in [9.17, 15) is 9.59 Å². The third kappa shape index (κ3) is 5.06. The van der Waals surface area contributed by atoms with E-state index in [1.807, 2.05) is 0 Å². The monoisotopic (exact) mass is 329 g/mol. The lowest BCUT2D eigenvalue weighted by molar-refractivity contribution is -0.144. The van der Waals surface area contributed by atoms with Gasteiger partial charge in [0.05, 0.1) is 10.0 Å². The lowest BCUT2D eigenvalue weighted by Crippen LogP contribution is -2.48. The zero-order valence-corrected chi connectivity index (χ0v) is 13.5. The van der Waals surface area contributed by atoms with E-state index in [-0.39, 0.29) is 0 Å². The number of nitrogens with one attached hydrogen (secondary N) is 1. The Labute approximate surface area is 133 Å². The summed E-state index contributed by atoms with van der Waals surface area (Å²) in [5.74, 6) is -1.58. The second kappa shape index (κ2) is 6.96. The van der Waals surface area contributed by atoms with Gasteiger partial charge in [0.1, 0.15) is 6.04 Å². The quantitative estimate of drug-likeness (QED) is 0.829. The molecule has 0 aliphatic heterocycles. The Morgan fingerprint density at radius 2 is 1.90 bits per heavy atom. The molecular formula is C15H17Cl2NO3. The molecule has 21 heavy (non-hydrogen) atoms. The minimum absolute atomic E-state index is 0.342. The van der Waals surface area contributed by atoms with E-state index in [1.165, 1.54) is 12.2 Å². The summed E-state index contributed by atoms with van der Waals surface area (Å²) >= 11 is 11.9. The molecule has 0 heterocycles. The summed E-state index contributed by atoms with van der Waals surface area (Å²) < 4.78 is 0. The number of hydrogen-bond donors (Lipinski definition) is 2. The molecule has 1 rings (SSSR count). The maximum Gasteiger partial charge on any atom is 0.326 e. The first-order chi connectivity index (χ1) is 9.62. The molecule has 1 aromatic rings. The Morgan fingerprint density at radius 3 is 2.43 bits per heavy atom. The van der Waals surface area contributed by atoms with Crippen molar-refractivity contribution in [2.75, 3.05) is 0 Å².